The summed E-state index contributed by atoms with van der Waals surface area (Å²) in [6.45, 7) is 0. The summed E-state index contributed by atoms with van der Waals surface area (Å²) >= 11 is 7.56. The molecule has 1 aromatic rings. The van der Waals surface area contributed by atoms with Crippen molar-refractivity contribution in [2.24, 2.45) is 0 Å². The highest BCUT2D eigenvalue weighted by molar-refractivity contribution is 8.01. The summed E-state index contributed by atoms with van der Waals surface area (Å²) in [4.78, 5) is 0. The zero-order valence-corrected chi connectivity index (χ0v) is 7.28. The Morgan fingerprint density at radius 3 is 3.20 bits per heavy atom. The molecular weight excluding hydrogens is 186 g/mol. The molecule has 0 aromatic carbocycles. The highest BCUT2D eigenvalue weighted by atomic mass is 32.2. The van der Waals surface area contributed by atoms with Gasteiger partial charge in [0.2, 0.25) is 0 Å². The summed E-state index contributed by atoms with van der Waals surface area (Å²) in [7, 11) is 0. The van der Waals surface area contributed by atoms with Gasteiger partial charge in [-0.05, 0) is 12.2 Å². The first kappa shape index (κ1) is 7.72. The molecule has 0 saturated carbocycles. The maximum absolute atomic E-state index is 8.20. The molecule has 0 amide bonds. The Balaban J connectivity index is 2.61. The lowest BCUT2D eigenvalue weighted by atomic mass is 10.9. The third kappa shape index (κ3) is 2.10. The molecule has 1 heterocycles. The molecule has 0 aliphatic rings. The number of nitrogens with one attached hydrogen (secondary N) is 1. The molecule has 0 fully saturated rings. The molecule has 0 atom stereocenters. The van der Waals surface area contributed by atoms with Crippen molar-refractivity contribution in [3.63, 3.8) is 0 Å². The van der Waals surface area contributed by atoms with Gasteiger partial charge in [-0.15, -0.1) is 0 Å². The van der Waals surface area contributed by atoms with Gasteiger partial charge in [-0.1, -0.05) is 23.1 Å². The molecule has 1 rings (SSSR count). The van der Waals surface area contributed by atoms with Crippen LogP contribution in [0.5, 0.6) is 0 Å². The van der Waals surface area contributed by atoms with Crippen molar-refractivity contribution in [3.8, 4) is 6.07 Å². The number of thioether (sulfide) groups is 1. The monoisotopic (exact) mass is 189 g/mol. The van der Waals surface area contributed by atoms with Crippen LogP contribution in [0, 0.1) is 15.3 Å². The fraction of sp³-hybridized carbons (Fsp3) is 0.250. The van der Waals surface area contributed by atoms with Gasteiger partial charge in [0.15, 0.2) is 8.29 Å². The van der Waals surface area contributed by atoms with Crippen LogP contribution >= 0.6 is 35.3 Å². The molecule has 10 heavy (non-hydrogen) atoms. The normalized spacial score (nSPS) is 9.10. The Kier molecular flexibility index (Phi) is 2.86. The standard InChI is InChI=1S/C4H3N3S3/c5-1-2-9-4-7-6-3(8)10-4/h2H2,(H,6,8). The van der Waals surface area contributed by atoms with Gasteiger partial charge in [-0.25, -0.2) is 0 Å². The van der Waals surface area contributed by atoms with Gasteiger partial charge >= 0.3 is 0 Å². The van der Waals surface area contributed by atoms with Crippen LogP contribution in [0.15, 0.2) is 4.34 Å². The molecule has 0 unspecified atom stereocenters. The van der Waals surface area contributed by atoms with Crippen LogP contribution in [0.4, 0.5) is 0 Å². The number of hydrogen-bond acceptors (Lipinski definition) is 5. The van der Waals surface area contributed by atoms with Crippen LogP contribution in [0.2, 0.25) is 0 Å². The average molecular weight is 189 g/mol. The summed E-state index contributed by atoms with van der Waals surface area (Å²) in [5, 5.41) is 14.7. The lowest BCUT2D eigenvalue weighted by Gasteiger charge is -1.81. The second-order valence-corrected chi connectivity index (χ2v) is 4.21. The molecule has 0 spiro atoms. The highest BCUT2D eigenvalue weighted by Crippen LogP contribution is 2.18. The van der Waals surface area contributed by atoms with E-state index in [2.05, 4.69) is 10.2 Å². The SMILES string of the molecule is N#CCSc1n[nH]c(=S)s1. The molecule has 0 aliphatic carbocycles. The summed E-state index contributed by atoms with van der Waals surface area (Å²) < 4.78 is 1.48. The molecule has 6 heteroatoms. The van der Waals surface area contributed by atoms with Crippen LogP contribution in [0.1, 0.15) is 0 Å². The molecule has 0 saturated heterocycles. The van der Waals surface area contributed by atoms with Crippen LogP contribution < -0.4 is 0 Å². The highest BCUT2D eigenvalue weighted by Gasteiger charge is 1.95. The van der Waals surface area contributed by atoms with E-state index in [4.69, 9.17) is 17.5 Å². The fourth-order valence-electron chi connectivity index (χ4n) is 0.372. The Bertz CT molecular complexity index is 293. The van der Waals surface area contributed by atoms with Crippen molar-refractivity contribution >= 4 is 35.3 Å². The first-order valence-corrected chi connectivity index (χ1v) is 4.59. The lowest BCUT2D eigenvalue weighted by Crippen LogP contribution is -1.71. The zero-order valence-electron chi connectivity index (χ0n) is 4.83. The van der Waals surface area contributed by atoms with E-state index in [-0.39, 0.29) is 0 Å². The second-order valence-electron chi connectivity index (χ2n) is 1.33. The van der Waals surface area contributed by atoms with Gasteiger partial charge in [0, 0.05) is 0 Å². The van der Waals surface area contributed by atoms with Crippen molar-refractivity contribution in [1.82, 2.24) is 10.2 Å². The Morgan fingerprint density at radius 2 is 2.70 bits per heavy atom. The Hall–Kier alpha value is -0.380. The minimum Gasteiger partial charge on any atom is -0.257 e. The second kappa shape index (κ2) is 3.71. The predicted octanol–water partition coefficient (Wildman–Crippen LogP) is 1.82. The van der Waals surface area contributed by atoms with Crippen LogP contribution in [-0.2, 0) is 0 Å². The minimum atomic E-state index is 0.427. The van der Waals surface area contributed by atoms with E-state index in [1.807, 2.05) is 6.07 Å². The zero-order chi connectivity index (χ0) is 7.40. The molecule has 1 N–H and O–H groups in total. The molecule has 3 nitrogen and oxygen atoms in total. The van der Waals surface area contributed by atoms with Crippen molar-refractivity contribution < 1.29 is 0 Å². The molecule has 0 bridgehead atoms. The molecular formula is C4H3N3S3. The van der Waals surface area contributed by atoms with Gasteiger partial charge in [-0.2, -0.15) is 10.4 Å². The number of nitrogens with zero attached hydrogens (tertiary/aromatic N) is 2. The van der Waals surface area contributed by atoms with Gasteiger partial charge in [-0.3, -0.25) is 5.10 Å². The van der Waals surface area contributed by atoms with E-state index >= 15 is 0 Å². The van der Waals surface area contributed by atoms with E-state index in [9.17, 15) is 0 Å². The minimum absolute atomic E-state index is 0.427. The van der Waals surface area contributed by atoms with Crippen molar-refractivity contribution in [2.75, 3.05) is 5.75 Å². The molecule has 1 aromatic heterocycles. The number of nitriles is 1. The molecule has 0 aliphatic heterocycles. The summed E-state index contributed by atoms with van der Waals surface area (Å²) in [5.41, 5.74) is 0. The van der Waals surface area contributed by atoms with E-state index in [0.717, 1.165) is 4.34 Å². The number of rotatable bonds is 2. The first-order valence-electron chi connectivity index (χ1n) is 2.38. The van der Waals surface area contributed by atoms with E-state index < -0.39 is 0 Å². The first-order chi connectivity index (χ1) is 4.83. The van der Waals surface area contributed by atoms with Gasteiger partial charge in [0.25, 0.3) is 0 Å². The van der Waals surface area contributed by atoms with E-state index in [0.29, 0.717) is 9.71 Å². The third-order valence-corrected chi connectivity index (χ3v) is 2.78. The van der Waals surface area contributed by atoms with Crippen LogP contribution in [0.3, 0.4) is 0 Å². The number of aromatic nitrogens is 2. The number of hydrogen-bond donors (Lipinski definition) is 1. The fourth-order valence-corrected chi connectivity index (χ4v) is 2.11. The Labute approximate surface area is 71.1 Å². The Morgan fingerprint density at radius 1 is 1.90 bits per heavy atom. The van der Waals surface area contributed by atoms with Gasteiger partial charge < -0.3 is 0 Å². The smallest absolute Gasteiger partial charge is 0.177 e. The van der Waals surface area contributed by atoms with Crippen molar-refractivity contribution in [3.05, 3.63) is 3.95 Å². The summed E-state index contributed by atoms with van der Waals surface area (Å²) in [6, 6.07) is 2.01. The van der Waals surface area contributed by atoms with Gasteiger partial charge in [0.05, 0.1) is 11.8 Å². The molecule has 52 valence electrons. The number of aromatic amines is 1. The van der Waals surface area contributed by atoms with Crippen LogP contribution in [-0.4, -0.2) is 16.0 Å². The maximum Gasteiger partial charge on any atom is 0.177 e. The van der Waals surface area contributed by atoms with Crippen molar-refractivity contribution in [2.45, 2.75) is 4.34 Å². The largest absolute Gasteiger partial charge is 0.257 e. The van der Waals surface area contributed by atoms with Crippen molar-refractivity contribution in [1.29, 1.82) is 5.26 Å². The summed E-state index contributed by atoms with van der Waals surface area (Å²) in [5.74, 6) is 0.427. The van der Waals surface area contributed by atoms with Gasteiger partial charge in [0.1, 0.15) is 0 Å². The van der Waals surface area contributed by atoms with Crippen LogP contribution in [0.25, 0.3) is 0 Å². The molecule has 0 radical (unpaired) electrons. The maximum atomic E-state index is 8.20. The predicted molar refractivity (Wildman–Crippen MR) is 43.6 cm³/mol. The van der Waals surface area contributed by atoms with E-state index in [1.165, 1.54) is 23.1 Å². The topological polar surface area (TPSA) is 52.5 Å². The number of H-pyrrole nitrogens is 1. The third-order valence-electron chi connectivity index (χ3n) is 0.679. The summed E-state index contributed by atoms with van der Waals surface area (Å²) in [6.07, 6.45) is 0. The van der Waals surface area contributed by atoms with E-state index in [1.54, 1.807) is 0 Å². The quantitative estimate of drug-likeness (QED) is 0.569. The average Bonchev–Trinajstić information content (AvgIpc) is 2.31. The lowest BCUT2D eigenvalue weighted by molar-refractivity contribution is 1.00.